The summed E-state index contributed by atoms with van der Waals surface area (Å²) in [5.74, 6) is -0.259. The van der Waals surface area contributed by atoms with Gasteiger partial charge in [0, 0.05) is 6.92 Å². The molecule has 0 bridgehead atoms. The Morgan fingerprint density at radius 3 is 2.42 bits per heavy atom. The molecule has 0 spiro atoms. The van der Waals surface area contributed by atoms with Crippen LogP contribution in [0, 0.1) is 6.92 Å². The summed E-state index contributed by atoms with van der Waals surface area (Å²) in [7, 11) is 0. The van der Waals surface area contributed by atoms with Crippen molar-refractivity contribution in [1.82, 2.24) is 5.32 Å². The lowest BCUT2D eigenvalue weighted by atomic mass is 10.1. The molecule has 0 fully saturated rings. The highest BCUT2D eigenvalue weighted by Gasteiger charge is 2.10. The Balaban J connectivity index is 1.96. The van der Waals surface area contributed by atoms with Gasteiger partial charge in [-0.3, -0.25) is 9.59 Å². The molecule has 0 aliphatic rings. The Labute approximate surface area is 142 Å². The third-order valence-corrected chi connectivity index (χ3v) is 3.60. The van der Waals surface area contributed by atoms with Crippen molar-refractivity contribution in [3.8, 4) is 0 Å². The van der Waals surface area contributed by atoms with E-state index in [0.717, 1.165) is 16.8 Å². The first kappa shape index (κ1) is 17.5. The third-order valence-electron chi connectivity index (χ3n) is 3.60. The lowest BCUT2D eigenvalue weighted by Gasteiger charge is -2.16. The fourth-order valence-corrected chi connectivity index (χ4v) is 2.40. The molecule has 0 heterocycles. The van der Waals surface area contributed by atoms with Crippen molar-refractivity contribution in [2.45, 2.75) is 26.8 Å². The largest absolute Gasteiger partial charge is 0.374 e. The van der Waals surface area contributed by atoms with E-state index in [-0.39, 0.29) is 24.4 Å². The Morgan fingerprint density at radius 1 is 1.04 bits per heavy atom. The Morgan fingerprint density at radius 2 is 1.75 bits per heavy atom. The maximum atomic E-state index is 12.2. The number of hydrogen-bond acceptors (Lipinski definition) is 3. The fourth-order valence-electron chi connectivity index (χ4n) is 2.40. The van der Waals surface area contributed by atoms with Crippen LogP contribution < -0.4 is 16.0 Å². The summed E-state index contributed by atoms with van der Waals surface area (Å²) < 4.78 is 0. The molecule has 0 aromatic heterocycles. The molecule has 126 valence electrons. The van der Waals surface area contributed by atoms with Gasteiger partial charge in [-0.05, 0) is 37.1 Å². The van der Waals surface area contributed by atoms with E-state index in [4.69, 9.17) is 0 Å². The van der Waals surface area contributed by atoms with Crippen LogP contribution in [0.5, 0.6) is 0 Å². The van der Waals surface area contributed by atoms with Crippen LogP contribution in [0.25, 0.3) is 0 Å². The Kier molecular flexibility index (Phi) is 5.95. The number of nitrogens with one attached hydrogen (secondary N) is 3. The van der Waals surface area contributed by atoms with Crippen LogP contribution in [0.15, 0.2) is 48.5 Å². The van der Waals surface area contributed by atoms with Crippen LogP contribution in [0.1, 0.15) is 31.0 Å². The normalized spacial score (nSPS) is 11.5. The Hall–Kier alpha value is -2.82. The van der Waals surface area contributed by atoms with Crippen molar-refractivity contribution >= 4 is 23.2 Å². The van der Waals surface area contributed by atoms with Crippen LogP contribution in [-0.4, -0.2) is 18.4 Å². The first-order valence-corrected chi connectivity index (χ1v) is 7.92. The topological polar surface area (TPSA) is 70.2 Å². The first-order valence-electron chi connectivity index (χ1n) is 7.92. The van der Waals surface area contributed by atoms with Crippen molar-refractivity contribution in [1.29, 1.82) is 0 Å². The van der Waals surface area contributed by atoms with Gasteiger partial charge in [-0.15, -0.1) is 0 Å². The standard InChI is InChI=1S/C19H23N3O2/c1-13-9-10-17(22-15(3)23)18(11-13)20-12-19(24)21-14(2)16-7-5-4-6-8-16/h4-11,14,20H,12H2,1-3H3,(H,21,24)(H,22,23)/t14-/m0/s1. The summed E-state index contributed by atoms with van der Waals surface area (Å²) in [6.45, 7) is 5.49. The number of rotatable bonds is 6. The van der Waals surface area contributed by atoms with Crippen LogP contribution >= 0.6 is 0 Å². The Bertz CT molecular complexity index is 714. The lowest BCUT2D eigenvalue weighted by molar-refractivity contribution is -0.120. The van der Waals surface area contributed by atoms with Gasteiger partial charge in [-0.1, -0.05) is 36.4 Å². The highest BCUT2D eigenvalue weighted by Crippen LogP contribution is 2.23. The zero-order valence-corrected chi connectivity index (χ0v) is 14.2. The predicted octanol–water partition coefficient (Wildman–Crippen LogP) is 3.24. The van der Waals surface area contributed by atoms with Gasteiger partial charge in [0.15, 0.2) is 0 Å². The van der Waals surface area contributed by atoms with Crippen molar-refractivity contribution in [3.05, 3.63) is 59.7 Å². The lowest BCUT2D eigenvalue weighted by Crippen LogP contribution is -2.32. The monoisotopic (exact) mass is 325 g/mol. The van der Waals surface area contributed by atoms with Gasteiger partial charge in [0.1, 0.15) is 0 Å². The summed E-state index contributed by atoms with van der Waals surface area (Å²) >= 11 is 0. The molecule has 0 aliphatic heterocycles. The minimum atomic E-state index is -0.149. The molecule has 2 aromatic rings. The fraction of sp³-hybridized carbons (Fsp3) is 0.263. The second kappa shape index (κ2) is 8.15. The van der Waals surface area contributed by atoms with E-state index in [9.17, 15) is 9.59 Å². The number of carbonyl (C=O) groups is 2. The van der Waals surface area contributed by atoms with Crippen LogP contribution in [0.4, 0.5) is 11.4 Å². The van der Waals surface area contributed by atoms with Gasteiger partial charge in [0.25, 0.3) is 0 Å². The summed E-state index contributed by atoms with van der Waals surface area (Å²) in [4.78, 5) is 23.4. The van der Waals surface area contributed by atoms with Crippen LogP contribution in [0.3, 0.4) is 0 Å². The molecule has 0 radical (unpaired) electrons. The molecule has 2 amide bonds. The zero-order chi connectivity index (χ0) is 17.5. The minimum absolute atomic E-state index is 0.0622. The second-order valence-electron chi connectivity index (χ2n) is 5.78. The van der Waals surface area contributed by atoms with E-state index < -0.39 is 0 Å². The van der Waals surface area contributed by atoms with Crippen molar-refractivity contribution in [3.63, 3.8) is 0 Å². The summed E-state index contributed by atoms with van der Waals surface area (Å²) in [6, 6.07) is 15.4. The summed E-state index contributed by atoms with van der Waals surface area (Å²) in [5, 5.41) is 8.80. The van der Waals surface area contributed by atoms with Crippen molar-refractivity contribution in [2.24, 2.45) is 0 Å². The van der Waals surface area contributed by atoms with Gasteiger partial charge in [-0.25, -0.2) is 0 Å². The molecule has 2 aromatic carbocycles. The number of aryl methyl sites for hydroxylation is 1. The highest BCUT2D eigenvalue weighted by atomic mass is 16.2. The van der Waals surface area contributed by atoms with Gasteiger partial charge < -0.3 is 16.0 Å². The maximum Gasteiger partial charge on any atom is 0.239 e. The maximum absolute atomic E-state index is 12.2. The third kappa shape index (κ3) is 5.12. The van der Waals surface area contributed by atoms with Crippen molar-refractivity contribution in [2.75, 3.05) is 17.2 Å². The van der Waals surface area contributed by atoms with Crippen molar-refractivity contribution < 1.29 is 9.59 Å². The zero-order valence-electron chi connectivity index (χ0n) is 14.2. The average molecular weight is 325 g/mol. The molecular weight excluding hydrogens is 302 g/mol. The average Bonchev–Trinajstić information content (AvgIpc) is 2.55. The summed E-state index contributed by atoms with van der Waals surface area (Å²) in [6.07, 6.45) is 0. The van der Waals surface area contributed by atoms with E-state index >= 15 is 0 Å². The first-order chi connectivity index (χ1) is 11.5. The number of carbonyl (C=O) groups excluding carboxylic acids is 2. The molecule has 24 heavy (non-hydrogen) atoms. The van der Waals surface area contributed by atoms with E-state index in [1.807, 2.05) is 62.4 Å². The molecule has 0 aliphatic carbocycles. The molecule has 2 rings (SSSR count). The molecule has 5 heteroatoms. The SMILES string of the molecule is CC(=O)Nc1ccc(C)cc1NCC(=O)N[C@@H](C)c1ccccc1. The number of hydrogen-bond donors (Lipinski definition) is 3. The molecule has 1 atom stereocenters. The number of anilines is 2. The van der Waals surface area contributed by atoms with Gasteiger partial charge in [0.2, 0.25) is 11.8 Å². The van der Waals surface area contributed by atoms with E-state index in [1.165, 1.54) is 6.92 Å². The highest BCUT2D eigenvalue weighted by molar-refractivity contribution is 5.93. The molecule has 0 saturated heterocycles. The second-order valence-corrected chi connectivity index (χ2v) is 5.78. The van der Waals surface area contributed by atoms with Gasteiger partial charge in [-0.2, -0.15) is 0 Å². The van der Waals surface area contributed by atoms with Gasteiger partial charge in [0.05, 0.1) is 24.0 Å². The smallest absolute Gasteiger partial charge is 0.239 e. The molecular formula is C19H23N3O2. The van der Waals surface area contributed by atoms with E-state index in [2.05, 4.69) is 16.0 Å². The van der Waals surface area contributed by atoms with E-state index in [1.54, 1.807) is 0 Å². The quantitative estimate of drug-likeness (QED) is 0.763. The van der Waals surface area contributed by atoms with Crippen LogP contribution in [0.2, 0.25) is 0 Å². The molecule has 0 unspecified atom stereocenters. The summed E-state index contributed by atoms with van der Waals surface area (Å²) in [5.41, 5.74) is 3.50. The molecule has 5 nitrogen and oxygen atoms in total. The van der Waals surface area contributed by atoms with Gasteiger partial charge >= 0.3 is 0 Å². The molecule has 3 N–H and O–H groups in total. The number of amides is 2. The minimum Gasteiger partial charge on any atom is -0.374 e. The number of benzene rings is 2. The van der Waals surface area contributed by atoms with Crippen LogP contribution in [-0.2, 0) is 9.59 Å². The predicted molar refractivity (Wildman–Crippen MR) is 97.0 cm³/mol. The van der Waals surface area contributed by atoms with E-state index in [0.29, 0.717) is 5.69 Å². The molecule has 0 saturated carbocycles.